The van der Waals surface area contributed by atoms with Gasteiger partial charge in [0, 0.05) is 17.7 Å². The maximum Gasteiger partial charge on any atom is 0.342 e. The molecule has 1 aromatic heterocycles. The van der Waals surface area contributed by atoms with Gasteiger partial charge in [-0.1, -0.05) is 19.9 Å². The fraction of sp³-hybridized carbons (Fsp3) is 0.267. The standard InChI is InChI=1S/C15H15FN2O3/c1-8(2)14-17-9(3)7-12(18-14)21-11-6-4-5-10(16)13(11)15(19)20/h4-8H,1-3H3,(H,19,20). The highest BCUT2D eigenvalue weighted by Gasteiger charge is 2.18. The molecule has 1 N–H and O–H groups in total. The van der Waals surface area contributed by atoms with Crippen molar-refractivity contribution in [2.45, 2.75) is 26.7 Å². The van der Waals surface area contributed by atoms with E-state index in [1.54, 1.807) is 13.0 Å². The molecule has 1 heterocycles. The molecule has 0 bridgehead atoms. The lowest BCUT2D eigenvalue weighted by Crippen LogP contribution is -2.05. The molecule has 0 fully saturated rings. The first kappa shape index (κ1) is 14.9. The number of benzene rings is 1. The van der Waals surface area contributed by atoms with Gasteiger partial charge in [-0.25, -0.2) is 14.2 Å². The van der Waals surface area contributed by atoms with Crippen LogP contribution in [0.25, 0.3) is 0 Å². The Morgan fingerprint density at radius 2 is 2.05 bits per heavy atom. The Labute approximate surface area is 121 Å². The topological polar surface area (TPSA) is 72.3 Å². The number of halogens is 1. The van der Waals surface area contributed by atoms with Gasteiger partial charge in [-0.05, 0) is 19.1 Å². The van der Waals surface area contributed by atoms with Crippen LogP contribution in [0, 0.1) is 12.7 Å². The van der Waals surface area contributed by atoms with Crippen LogP contribution in [0.2, 0.25) is 0 Å². The van der Waals surface area contributed by atoms with Crippen molar-refractivity contribution < 1.29 is 19.0 Å². The van der Waals surface area contributed by atoms with Crippen LogP contribution in [0.5, 0.6) is 11.6 Å². The van der Waals surface area contributed by atoms with Gasteiger partial charge in [-0.3, -0.25) is 0 Å². The first-order valence-corrected chi connectivity index (χ1v) is 6.43. The van der Waals surface area contributed by atoms with Crippen LogP contribution in [0.1, 0.15) is 41.6 Å². The van der Waals surface area contributed by atoms with Crippen molar-refractivity contribution in [3.63, 3.8) is 0 Å². The lowest BCUT2D eigenvalue weighted by atomic mass is 10.2. The predicted molar refractivity (Wildman–Crippen MR) is 74.3 cm³/mol. The first-order valence-electron chi connectivity index (χ1n) is 6.43. The summed E-state index contributed by atoms with van der Waals surface area (Å²) < 4.78 is 19.0. The van der Waals surface area contributed by atoms with Crippen LogP contribution in [-0.2, 0) is 0 Å². The van der Waals surface area contributed by atoms with Crippen LogP contribution in [-0.4, -0.2) is 21.0 Å². The molecule has 2 rings (SSSR count). The van der Waals surface area contributed by atoms with Crippen LogP contribution in [0.3, 0.4) is 0 Å². The van der Waals surface area contributed by atoms with E-state index in [0.717, 1.165) is 6.07 Å². The largest absolute Gasteiger partial charge is 0.477 e. The van der Waals surface area contributed by atoms with E-state index in [1.807, 2.05) is 13.8 Å². The molecule has 1 aromatic carbocycles. The van der Waals surface area contributed by atoms with Gasteiger partial charge in [0.15, 0.2) is 0 Å². The van der Waals surface area contributed by atoms with Gasteiger partial charge in [0.25, 0.3) is 0 Å². The van der Waals surface area contributed by atoms with E-state index in [-0.39, 0.29) is 17.5 Å². The number of hydrogen-bond acceptors (Lipinski definition) is 4. The third kappa shape index (κ3) is 3.34. The number of carboxylic acids is 1. The smallest absolute Gasteiger partial charge is 0.342 e. The van der Waals surface area contributed by atoms with Crippen molar-refractivity contribution in [3.05, 3.63) is 47.2 Å². The number of aromatic carboxylic acids is 1. The summed E-state index contributed by atoms with van der Waals surface area (Å²) in [5.41, 5.74) is 0.178. The summed E-state index contributed by atoms with van der Waals surface area (Å²) in [6.45, 7) is 5.65. The van der Waals surface area contributed by atoms with Crippen molar-refractivity contribution in [2.75, 3.05) is 0 Å². The lowest BCUT2D eigenvalue weighted by Gasteiger charge is -2.11. The van der Waals surface area contributed by atoms with E-state index in [1.165, 1.54) is 12.1 Å². The Kier molecular flexibility index (Phi) is 4.16. The molecule has 0 aliphatic carbocycles. The minimum atomic E-state index is -1.39. The number of carbonyl (C=O) groups is 1. The van der Waals surface area contributed by atoms with Crippen LogP contribution in [0.15, 0.2) is 24.3 Å². The molecule has 0 aliphatic heterocycles. The van der Waals surface area contributed by atoms with E-state index in [9.17, 15) is 9.18 Å². The molecule has 21 heavy (non-hydrogen) atoms. The molecule has 5 nitrogen and oxygen atoms in total. The highest BCUT2D eigenvalue weighted by molar-refractivity contribution is 5.91. The third-order valence-electron chi connectivity index (χ3n) is 2.77. The number of nitrogens with zero attached hydrogens (tertiary/aromatic N) is 2. The van der Waals surface area contributed by atoms with Gasteiger partial charge in [-0.2, -0.15) is 4.98 Å². The predicted octanol–water partition coefficient (Wildman–Crippen LogP) is 3.54. The van der Waals surface area contributed by atoms with Gasteiger partial charge in [-0.15, -0.1) is 0 Å². The van der Waals surface area contributed by atoms with Gasteiger partial charge in [0.05, 0.1) is 0 Å². The zero-order valence-corrected chi connectivity index (χ0v) is 11.9. The molecular weight excluding hydrogens is 275 g/mol. The second-order valence-corrected chi connectivity index (χ2v) is 4.88. The second kappa shape index (κ2) is 5.87. The van der Waals surface area contributed by atoms with E-state index < -0.39 is 17.3 Å². The van der Waals surface area contributed by atoms with E-state index in [0.29, 0.717) is 11.5 Å². The number of aryl methyl sites for hydroxylation is 1. The van der Waals surface area contributed by atoms with Gasteiger partial charge < -0.3 is 9.84 Å². The summed E-state index contributed by atoms with van der Waals surface area (Å²) >= 11 is 0. The zero-order chi connectivity index (χ0) is 15.6. The van der Waals surface area contributed by atoms with E-state index in [2.05, 4.69) is 9.97 Å². The van der Waals surface area contributed by atoms with Gasteiger partial charge in [0.1, 0.15) is 23.0 Å². The minimum Gasteiger partial charge on any atom is -0.477 e. The summed E-state index contributed by atoms with van der Waals surface area (Å²) in [6.07, 6.45) is 0. The molecule has 0 spiro atoms. The van der Waals surface area contributed by atoms with Crippen molar-refractivity contribution in [3.8, 4) is 11.6 Å². The van der Waals surface area contributed by atoms with Crippen LogP contribution >= 0.6 is 0 Å². The molecule has 110 valence electrons. The maximum atomic E-state index is 13.6. The van der Waals surface area contributed by atoms with Crippen LogP contribution < -0.4 is 4.74 Å². The SMILES string of the molecule is Cc1cc(Oc2cccc(F)c2C(=O)O)nc(C(C)C)n1. The van der Waals surface area contributed by atoms with Crippen molar-refractivity contribution in [1.82, 2.24) is 9.97 Å². The zero-order valence-electron chi connectivity index (χ0n) is 11.9. The Hall–Kier alpha value is -2.50. The monoisotopic (exact) mass is 290 g/mol. The third-order valence-corrected chi connectivity index (χ3v) is 2.77. The highest BCUT2D eigenvalue weighted by Crippen LogP contribution is 2.27. The van der Waals surface area contributed by atoms with E-state index >= 15 is 0 Å². The van der Waals surface area contributed by atoms with Crippen molar-refractivity contribution in [2.24, 2.45) is 0 Å². The van der Waals surface area contributed by atoms with Crippen LogP contribution in [0.4, 0.5) is 4.39 Å². The number of hydrogen-bond donors (Lipinski definition) is 1. The number of aromatic nitrogens is 2. The molecule has 6 heteroatoms. The molecule has 0 radical (unpaired) electrons. The molecule has 0 amide bonds. The number of ether oxygens (including phenoxy) is 1. The minimum absolute atomic E-state index is 0.0877. The molecule has 0 atom stereocenters. The summed E-state index contributed by atoms with van der Waals surface area (Å²) in [4.78, 5) is 19.6. The molecule has 0 saturated carbocycles. The molecule has 0 unspecified atom stereocenters. The summed E-state index contributed by atoms with van der Waals surface area (Å²) in [6, 6.07) is 5.41. The highest BCUT2D eigenvalue weighted by atomic mass is 19.1. The quantitative estimate of drug-likeness (QED) is 0.932. The van der Waals surface area contributed by atoms with Gasteiger partial charge >= 0.3 is 5.97 Å². The van der Waals surface area contributed by atoms with Gasteiger partial charge in [0.2, 0.25) is 5.88 Å². The summed E-state index contributed by atoms with van der Waals surface area (Å²) in [5, 5.41) is 9.07. The molecule has 0 aliphatic rings. The van der Waals surface area contributed by atoms with Crippen molar-refractivity contribution in [1.29, 1.82) is 0 Å². The Balaban J connectivity index is 2.43. The normalized spacial score (nSPS) is 10.7. The average molecular weight is 290 g/mol. The first-order chi connectivity index (χ1) is 9.88. The van der Waals surface area contributed by atoms with Crippen molar-refractivity contribution >= 4 is 5.97 Å². The molecule has 0 saturated heterocycles. The lowest BCUT2D eigenvalue weighted by molar-refractivity contribution is 0.0689. The Morgan fingerprint density at radius 3 is 2.67 bits per heavy atom. The number of carboxylic acid groups (broad SMARTS) is 1. The number of rotatable bonds is 4. The Morgan fingerprint density at radius 1 is 1.33 bits per heavy atom. The summed E-state index contributed by atoms with van der Waals surface area (Å²) in [5.74, 6) is -1.46. The maximum absolute atomic E-state index is 13.6. The second-order valence-electron chi connectivity index (χ2n) is 4.88. The Bertz CT molecular complexity index is 687. The average Bonchev–Trinajstić information content (AvgIpc) is 2.37. The van der Waals surface area contributed by atoms with E-state index in [4.69, 9.17) is 9.84 Å². The molecule has 2 aromatic rings. The fourth-order valence-electron chi connectivity index (χ4n) is 1.78. The molecular formula is C15H15FN2O3. The summed E-state index contributed by atoms with van der Waals surface area (Å²) in [7, 11) is 0. The fourth-order valence-corrected chi connectivity index (χ4v) is 1.78.